The van der Waals surface area contributed by atoms with Crippen LogP contribution >= 0.6 is 0 Å². The molecule has 0 amide bonds. The smallest absolute Gasteiger partial charge is 0.306 e. The first kappa shape index (κ1) is 59.6. The van der Waals surface area contributed by atoms with Crippen molar-refractivity contribution < 1.29 is 28.6 Å². The number of rotatable bonds is 46. The first-order valence-corrected chi connectivity index (χ1v) is 26.1. The van der Waals surface area contributed by atoms with Crippen LogP contribution < -0.4 is 0 Å². The molecule has 0 aromatic heterocycles. The zero-order chi connectivity index (χ0) is 45.8. The Bertz CT molecular complexity index is 1240. The second-order valence-corrected chi connectivity index (χ2v) is 17.0. The van der Waals surface area contributed by atoms with Gasteiger partial charge in [0.05, 0.1) is 0 Å². The molecule has 0 heterocycles. The van der Waals surface area contributed by atoms with Gasteiger partial charge >= 0.3 is 17.9 Å². The molecule has 6 heteroatoms. The van der Waals surface area contributed by atoms with Crippen molar-refractivity contribution >= 4 is 17.9 Å². The second kappa shape index (κ2) is 51.2. The lowest BCUT2D eigenvalue weighted by Crippen LogP contribution is -2.30. The largest absolute Gasteiger partial charge is 0.462 e. The van der Waals surface area contributed by atoms with Crippen molar-refractivity contribution in [1.29, 1.82) is 0 Å². The number of allylic oxidation sites excluding steroid dienone is 14. The lowest BCUT2D eigenvalue weighted by atomic mass is 10.1. The van der Waals surface area contributed by atoms with Crippen LogP contribution in [0.5, 0.6) is 0 Å². The van der Waals surface area contributed by atoms with E-state index in [1.165, 1.54) is 77.0 Å². The normalized spacial score (nSPS) is 12.7. The molecule has 0 unspecified atom stereocenters. The van der Waals surface area contributed by atoms with Gasteiger partial charge < -0.3 is 14.2 Å². The van der Waals surface area contributed by atoms with Crippen molar-refractivity contribution in [3.8, 4) is 0 Å². The van der Waals surface area contributed by atoms with Crippen molar-refractivity contribution in [2.24, 2.45) is 0 Å². The summed E-state index contributed by atoms with van der Waals surface area (Å²) in [5.74, 6) is -0.965. The molecular formula is C57H96O6. The van der Waals surface area contributed by atoms with Crippen LogP contribution in [0, 0.1) is 0 Å². The van der Waals surface area contributed by atoms with E-state index >= 15 is 0 Å². The van der Waals surface area contributed by atoms with Gasteiger partial charge in [0, 0.05) is 19.3 Å². The summed E-state index contributed by atoms with van der Waals surface area (Å²) in [5.41, 5.74) is 0. The minimum atomic E-state index is -0.803. The van der Waals surface area contributed by atoms with Crippen LogP contribution in [0.4, 0.5) is 0 Å². The Labute approximate surface area is 388 Å². The van der Waals surface area contributed by atoms with E-state index in [1.807, 2.05) is 0 Å². The molecule has 0 fully saturated rings. The maximum absolute atomic E-state index is 12.8. The highest BCUT2D eigenvalue weighted by molar-refractivity contribution is 5.71. The number of ether oxygens (including phenoxy) is 3. The average molecular weight is 877 g/mol. The molecule has 0 aromatic rings. The number of carbonyl (C=O) groups excluding carboxylic acids is 3. The second-order valence-electron chi connectivity index (χ2n) is 17.0. The van der Waals surface area contributed by atoms with Gasteiger partial charge in [0.1, 0.15) is 13.2 Å². The summed E-state index contributed by atoms with van der Waals surface area (Å²) in [6.07, 6.45) is 65.6. The molecule has 0 rings (SSSR count). The maximum Gasteiger partial charge on any atom is 0.306 e. The molecule has 6 nitrogen and oxygen atoms in total. The van der Waals surface area contributed by atoms with Crippen LogP contribution in [0.2, 0.25) is 0 Å². The highest BCUT2D eigenvalue weighted by Gasteiger charge is 2.19. The Morgan fingerprint density at radius 3 is 1.05 bits per heavy atom. The molecule has 63 heavy (non-hydrogen) atoms. The van der Waals surface area contributed by atoms with Crippen LogP contribution in [0.1, 0.15) is 239 Å². The van der Waals surface area contributed by atoms with E-state index in [9.17, 15) is 14.4 Å². The molecule has 0 aliphatic carbocycles. The Kier molecular flexibility index (Phi) is 48.5. The molecule has 1 atom stereocenters. The minimum Gasteiger partial charge on any atom is -0.462 e. The molecule has 0 radical (unpaired) electrons. The van der Waals surface area contributed by atoms with Gasteiger partial charge in [-0.25, -0.2) is 0 Å². The Morgan fingerprint density at radius 2 is 0.619 bits per heavy atom. The average Bonchev–Trinajstić information content (AvgIpc) is 3.28. The lowest BCUT2D eigenvalue weighted by Gasteiger charge is -2.18. The number of hydrogen-bond donors (Lipinski definition) is 0. The van der Waals surface area contributed by atoms with Gasteiger partial charge in [-0.3, -0.25) is 14.4 Å². The molecule has 0 bridgehead atoms. The van der Waals surface area contributed by atoms with E-state index in [4.69, 9.17) is 14.2 Å². The third-order valence-electron chi connectivity index (χ3n) is 10.9. The fraction of sp³-hybridized carbons (Fsp3) is 0.702. The molecule has 0 aromatic carbocycles. The SMILES string of the molecule is CC/C=C\C/C=C\C/C=C\C/C=C\CCCCC(=O)OC[C@H](COC(=O)CCCCCCC/C=C\C/C=C\CCCCC)OC(=O)CCCCCCC/C=C\CCCCCCCC. The van der Waals surface area contributed by atoms with E-state index in [2.05, 4.69) is 106 Å². The summed E-state index contributed by atoms with van der Waals surface area (Å²) in [6.45, 7) is 6.43. The topological polar surface area (TPSA) is 78.9 Å². The maximum atomic E-state index is 12.8. The molecule has 0 N–H and O–H groups in total. The highest BCUT2D eigenvalue weighted by atomic mass is 16.6. The number of hydrogen-bond acceptors (Lipinski definition) is 6. The van der Waals surface area contributed by atoms with Crippen LogP contribution in [0.15, 0.2) is 85.1 Å². The van der Waals surface area contributed by atoms with Gasteiger partial charge in [-0.2, -0.15) is 0 Å². The van der Waals surface area contributed by atoms with Gasteiger partial charge in [-0.1, -0.05) is 189 Å². The fourth-order valence-electron chi connectivity index (χ4n) is 6.93. The lowest BCUT2D eigenvalue weighted by molar-refractivity contribution is -0.167. The molecule has 0 spiro atoms. The predicted octanol–water partition coefficient (Wildman–Crippen LogP) is 17.2. The summed E-state index contributed by atoms with van der Waals surface area (Å²) in [4.78, 5) is 38.0. The third-order valence-corrected chi connectivity index (χ3v) is 10.9. The first-order valence-electron chi connectivity index (χ1n) is 26.1. The molecule has 0 saturated carbocycles. The van der Waals surface area contributed by atoms with E-state index in [1.54, 1.807) is 0 Å². The summed E-state index contributed by atoms with van der Waals surface area (Å²) < 4.78 is 16.8. The van der Waals surface area contributed by atoms with Crippen molar-refractivity contribution in [3.05, 3.63) is 85.1 Å². The zero-order valence-electron chi connectivity index (χ0n) is 41.1. The van der Waals surface area contributed by atoms with Crippen molar-refractivity contribution in [2.75, 3.05) is 13.2 Å². The number of carbonyl (C=O) groups is 3. The highest BCUT2D eigenvalue weighted by Crippen LogP contribution is 2.13. The van der Waals surface area contributed by atoms with Crippen molar-refractivity contribution in [1.82, 2.24) is 0 Å². The third kappa shape index (κ3) is 49.5. The molecule has 360 valence electrons. The zero-order valence-corrected chi connectivity index (χ0v) is 41.1. The Morgan fingerprint density at radius 1 is 0.333 bits per heavy atom. The van der Waals surface area contributed by atoms with Crippen LogP contribution in [-0.4, -0.2) is 37.2 Å². The quantitative estimate of drug-likeness (QED) is 0.0262. The standard InChI is InChI=1S/C57H96O6/c1-4-7-10-13-16-19-22-25-28-31-34-37-40-43-46-49-55(58)61-52-54(63-57(60)51-48-45-42-39-36-33-30-27-24-21-18-15-12-9-6-3)53-62-56(59)50-47-44-41-38-35-32-29-26-23-20-17-14-11-8-5-2/h7,10,16-17,19-20,25-30,34,37,54H,4-6,8-9,11-15,18,21-24,31-33,35-36,38-53H2,1-3H3/b10-7-,19-16-,20-17-,28-25-,29-26-,30-27-,37-34-/t54-/m1/s1. The number of unbranched alkanes of at least 4 members (excludes halogenated alkanes) is 21. The molecule has 0 aliphatic rings. The summed E-state index contributed by atoms with van der Waals surface area (Å²) in [7, 11) is 0. The van der Waals surface area contributed by atoms with Crippen molar-refractivity contribution in [2.45, 2.75) is 245 Å². The van der Waals surface area contributed by atoms with Gasteiger partial charge in [0.25, 0.3) is 0 Å². The van der Waals surface area contributed by atoms with Gasteiger partial charge in [-0.15, -0.1) is 0 Å². The first-order chi connectivity index (χ1) is 31.0. The molecule has 0 saturated heterocycles. The molecular weight excluding hydrogens is 781 g/mol. The van der Waals surface area contributed by atoms with Crippen LogP contribution in [-0.2, 0) is 28.6 Å². The predicted molar refractivity (Wildman–Crippen MR) is 270 cm³/mol. The number of esters is 3. The van der Waals surface area contributed by atoms with E-state index in [-0.39, 0.29) is 31.1 Å². The van der Waals surface area contributed by atoms with Crippen LogP contribution in [0.25, 0.3) is 0 Å². The van der Waals surface area contributed by atoms with Gasteiger partial charge in [-0.05, 0) is 116 Å². The summed E-state index contributed by atoms with van der Waals surface area (Å²) >= 11 is 0. The Balaban J connectivity index is 4.49. The summed E-state index contributed by atoms with van der Waals surface area (Å²) in [5, 5.41) is 0. The van der Waals surface area contributed by atoms with Crippen molar-refractivity contribution in [3.63, 3.8) is 0 Å². The fourth-order valence-corrected chi connectivity index (χ4v) is 6.93. The van der Waals surface area contributed by atoms with Crippen LogP contribution in [0.3, 0.4) is 0 Å². The monoisotopic (exact) mass is 877 g/mol. The van der Waals surface area contributed by atoms with Gasteiger partial charge in [0.2, 0.25) is 0 Å². The van der Waals surface area contributed by atoms with E-state index in [0.717, 1.165) is 122 Å². The Hall–Kier alpha value is -3.41. The molecule has 0 aliphatic heterocycles. The van der Waals surface area contributed by atoms with E-state index < -0.39 is 6.10 Å². The van der Waals surface area contributed by atoms with E-state index in [0.29, 0.717) is 19.3 Å². The van der Waals surface area contributed by atoms with Gasteiger partial charge in [0.15, 0.2) is 6.10 Å². The summed E-state index contributed by atoms with van der Waals surface area (Å²) in [6, 6.07) is 0. The minimum absolute atomic E-state index is 0.101.